The van der Waals surface area contributed by atoms with Gasteiger partial charge in [0.15, 0.2) is 0 Å². The highest BCUT2D eigenvalue weighted by Crippen LogP contribution is 2.29. The lowest BCUT2D eigenvalue weighted by molar-refractivity contribution is -0.139. The maximum absolute atomic E-state index is 12.5. The lowest BCUT2D eigenvalue weighted by Crippen LogP contribution is -2.48. The van der Waals surface area contributed by atoms with Crippen molar-refractivity contribution in [3.05, 3.63) is 34.9 Å². The van der Waals surface area contributed by atoms with Gasteiger partial charge in [-0.25, -0.2) is 9.59 Å². The minimum Gasteiger partial charge on any atom is -0.464 e. The molecule has 1 aromatic rings. The third-order valence-electron chi connectivity index (χ3n) is 4.28. The van der Waals surface area contributed by atoms with Crippen LogP contribution in [-0.2, 0) is 9.53 Å². The van der Waals surface area contributed by atoms with Crippen molar-refractivity contribution in [2.75, 3.05) is 26.2 Å². The number of carbonyl (C=O) groups is 2. The van der Waals surface area contributed by atoms with Crippen LogP contribution in [0.3, 0.4) is 0 Å². The highest BCUT2D eigenvalue weighted by atomic mass is 16.5. The van der Waals surface area contributed by atoms with Crippen LogP contribution in [0.25, 0.3) is 0 Å². The summed E-state index contributed by atoms with van der Waals surface area (Å²) in [5.74, 6) is 0.824. The van der Waals surface area contributed by atoms with Crippen molar-refractivity contribution in [3.63, 3.8) is 0 Å². The molecule has 1 aromatic heterocycles. The van der Waals surface area contributed by atoms with E-state index < -0.39 is 12.0 Å². The number of urea groups is 1. The second-order valence-electron chi connectivity index (χ2n) is 6.08. The molecule has 7 nitrogen and oxygen atoms in total. The molecule has 0 bridgehead atoms. The lowest BCUT2D eigenvalue weighted by atomic mass is 10.00. The molecular formula is C17H23N3O4. The van der Waals surface area contributed by atoms with Gasteiger partial charge < -0.3 is 19.8 Å². The molecule has 0 spiro atoms. The predicted molar refractivity (Wildman–Crippen MR) is 87.2 cm³/mol. The molecule has 0 saturated carbocycles. The number of nitrogens with one attached hydrogen (secondary N) is 2. The molecular weight excluding hydrogens is 310 g/mol. The van der Waals surface area contributed by atoms with Crippen molar-refractivity contribution in [1.29, 1.82) is 0 Å². The van der Waals surface area contributed by atoms with Gasteiger partial charge in [0.1, 0.15) is 17.6 Å². The van der Waals surface area contributed by atoms with Crippen LogP contribution in [0.1, 0.15) is 37.3 Å². The zero-order chi connectivity index (χ0) is 17.1. The van der Waals surface area contributed by atoms with E-state index in [9.17, 15) is 9.59 Å². The predicted octanol–water partition coefficient (Wildman–Crippen LogP) is 1.85. The molecule has 1 saturated heterocycles. The molecule has 2 N–H and O–H groups in total. The van der Waals surface area contributed by atoms with Crippen molar-refractivity contribution in [3.8, 4) is 0 Å². The monoisotopic (exact) mass is 333 g/mol. The van der Waals surface area contributed by atoms with Gasteiger partial charge in [-0.1, -0.05) is 0 Å². The molecule has 2 aliphatic heterocycles. The zero-order valence-corrected chi connectivity index (χ0v) is 14.1. The largest absolute Gasteiger partial charge is 0.464 e. The Hall–Kier alpha value is -2.28. The van der Waals surface area contributed by atoms with Gasteiger partial charge in [0.25, 0.3) is 0 Å². The highest BCUT2D eigenvalue weighted by molar-refractivity contribution is 5.95. The zero-order valence-electron chi connectivity index (χ0n) is 14.1. The smallest absolute Gasteiger partial charge is 0.338 e. The Balaban J connectivity index is 1.97. The quantitative estimate of drug-likeness (QED) is 0.804. The molecule has 3 rings (SSSR count). The molecule has 0 aliphatic carbocycles. The van der Waals surface area contributed by atoms with Crippen LogP contribution in [0.5, 0.6) is 0 Å². The third-order valence-corrected chi connectivity index (χ3v) is 4.28. The van der Waals surface area contributed by atoms with E-state index in [0.717, 1.165) is 31.7 Å². The first-order chi connectivity index (χ1) is 11.6. The van der Waals surface area contributed by atoms with Crippen LogP contribution in [0.15, 0.2) is 27.8 Å². The lowest BCUT2D eigenvalue weighted by Gasteiger charge is -2.29. The summed E-state index contributed by atoms with van der Waals surface area (Å²) in [6.07, 6.45) is 2.27. The average molecular weight is 333 g/mol. The van der Waals surface area contributed by atoms with E-state index in [1.54, 1.807) is 13.0 Å². The van der Waals surface area contributed by atoms with Gasteiger partial charge in [0, 0.05) is 12.2 Å². The van der Waals surface area contributed by atoms with Gasteiger partial charge in [-0.3, -0.25) is 4.90 Å². The fourth-order valence-corrected chi connectivity index (χ4v) is 3.18. The van der Waals surface area contributed by atoms with E-state index in [1.165, 1.54) is 0 Å². The second kappa shape index (κ2) is 7.09. The summed E-state index contributed by atoms with van der Waals surface area (Å²) in [5, 5.41) is 5.55. The van der Waals surface area contributed by atoms with Crippen molar-refractivity contribution in [1.82, 2.24) is 15.5 Å². The molecule has 7 heteroatoms. The van der Waals surface area contributed by atoms with Gasteiger partial charge in [-0.15, -0.1) is 0 Å². The van der Waals surface area contributed by atoms with Crippen LogP contribution in [0.2, 0.25) is 0 Å². The van der Waals surface area contributed by atoms with Crippen molar-refractivity contribution in [2.45, 2.75) is 32.7 Å². The number of likely N-dealkylation sites (tertiary alicyclic amines) is 1. The summed E-state index contributed by atoms with van der Waals surface area (Å²) in [7, 11) is 0. The number of furan rings is 1. The molecule has 1 fully saturated rings. The van der Waals surface area contributed by atoms with Crippen molar-refractivity contribution in [2.24, 2.45) is 0 Å². The Kier molecular flexibility index (Phi) is 4.89. The van der Waals surface area contributed by atoms with E-state index in [0.29, 0.717) is 23.6 Å². The average Bonchev–Trinajstić information content (AvgIpc) is 3.18. The number of ether oxygens (including phenoxy) is 1. The van der Waals surface area contributed by atoms with Gasteiger partial charge in [-0.05, 0) is 51.9 Å². The number of carbonyl (C=O) groups excluding carboxylic acids is 2. The maximum Gasteiger partial charge on any atom is 0.338 e. The topological polar surface area (TPSA) is 83.8 Å². The number of hydrogen-bond acceptors (Lipinski definition) is 5. The molecule has 24 heavy (non-hydrogen) atoms. The Labute approximate surface area is 141 Å². The van der Waals surface area contributed by atoms with Crippen LogP contribution >= 0.6 is 0 Å². The number of amides is 2. The number of nitrogens with zero attached hydrogens (tertiary/aromatic N) is 1. The van der Waals surface area contributed by atoms with Crippen LogP contribution < -0.4 is 10.6 Å². The van der Waals surface area contributed by atoms with Crippen LogP contribution in [-0.4, -0.2) is 43.1 Å². The van der Waals surface area contributed by atoms with E-state index in [-0.39, 0.29) is 12.6 Å². The minimum atomic E-state index is -0.635. The molecule has 0 radical (unpaired) electrons. The number of rotatable bonds is 5. The normalized spacial score (nSPS) is 21.6. The highest BCUT2D eigenvalue weighted by Gasteiger charge is 2.36. The van der Waals surface area contributed by atoms with E-state index in [2.05, 4.69) is 15.5 Å². The molecule has 3 heterocycles. The van der Waals surface area contributed by atoms with E-state index in [4.69, 9.17) is 9.15 Å². The first kappa shape index (κ1) is 16.6. The summed E-state index contributed by atoms with van der Waals surface area (Å²) in [6.45, 7) is 6.32. The van der Waals surface area contributed by atoms with Gasteiger partial charge >= 0.3 is 12.0 Å². The Morgan fingerprint density at radius 1 is 1.38 bits per heavy atom. The Morgan fingerprint density at radius 2 is 2.12 bits per heavy atom. The van der Waals surface area contributed by atoms with E-state index >= 15 is 0 Å². The van der Waals surface area contributed by atoms with Crippen LogP contribution in [0, 0.1) is 6.92 Å². The number of esters is 1. The van der Waals surface area contributed by atoms with E-state index in [1.807, 2.05) is 13.0 Å². The molecule has 2 amide bonds. The maximum atomic E-state index is 12.5. The summed E-state index contributed by atoms with van der Waals surface area (Å²) in [5.41, 5.74) is 1.01. The summed E-state index contributed by atoms with van der Waals surface area (Å²) in [4.78, 5) is 26.9. The van der Waals surface area contributed by atoms with Crippen LogP contribution in [0.4, 0.5) is 4.79 Å². The first-order valence-corrected chi connectivity index (χ1v) is 8.35. The van der Waals surface area contributed by atoms with Gasteiger partial charge in [0.2, 0.25) is 0 Å². The molecule has 2 aliphatic rings. The fourth-order valence-electron chi connectivity index (χ4n) is 3.18. The van der Waals surface area contributed by atoms with Crippen molar-refractivity contribution >= 4 is 12.0 Å². The third kappa shape index (κ3) is 3.46. The molecule has 1 atom stereocenters. The summed E-state index contributed by atoms with van der Waals surface area (Å²) >= 11 is 0. The first-order valence-electron chi connectivity index (χ1n) is 8.35. The minimum absolute atomic E-state index is 0.275. The van der Waals surface area contributed by atoms with Gasteiger partial charge in [-0.2, -0.15) is 0 Å². The summed E-state index contributed by atoms with van der Waals surface area (Å²) in [6, 6.07) is 2.62. The molecule has 130 valence electrons. The SMILES string of the molecule is CCOC(=O)C1=C(CN2CCCC2)NC(=O)N[C@@H]1c1ccc(C)o1. The Morgan fingerprint density at radius 3 is 2.75 bits per heavy atom. The number of hydrogen-bond donors (Lipinski definition) is 2. The van der Waals surface area contributed by atoms with Crippen molar-refractivity contribution < 1.29 is 18.7 Å². The number of aryl methyl sites for hydroxylation is 1. The fraction of sp³-hybridized carbons (Fsp3) is 0.529. The van der Waals surface area contributed by atoms with Gasteiger partial charge in [0.05, 0.1) is 12.2 Å². The Bertz CT molecular complexity index is 659. The summed E-state index contributed by atoms with van der Waals surface area (Å²) < 4.78 is 10.9. The molecule has 0 unspecified atom stereocenters. The molecule has 0 aromatic carbocycles. The second-order valence-corrected chi connectivity index (χ2v) is 6.08. The standard InChI is InChI=1S/C17H23N3O4/c1-3-23-16(21)14-12(10-20-8-4-5-9-20)18-17(22)19-15(14)13-7-6-11(2)24-13/h6-7,15H,3-5,8-10H2,1-2H3,(H2,18,19,22)/t15-/m1/s1.